The maximum atomic E-state index is 13.2. The standard InChI is InChI=1S/C9H7F4NO3/c1-2-16-8(15)7-6(10)3-5(4-14-7)17-9(11,12)13/h3-4H,2H2,1H3. The molecule has 0 unspecified atom stereocenters. The van der Waals surface area contributed by atoms with E-state index >= 15 is 0 Å². The molecule has 0 saturated heterocycles. The first-order valence-electron chi connectivity index (χ1n) is 4.42. The summed E-state index contributed by atoms with van der Waals surface area (Å²) >= 11 is 0. The van der Waals surface area contributed by atoms with E-state index < -0.39 is 29.6 Å². The highest BCUT2D eigenvalue weighted by Crippen LogP contribution is 2.23. The summed E-state index contributed by atoms with van der Waals surface area (Å²) in [6, 6.07) is 0.409. The molecule has 1 aromatic heterocycles. The van der Waals surface area contributed by atoms with E-state index in [-0.39, 0.29) is 6.61 Å². The van der Waals surface area contributed by atoms with E-state index in [4.69, 9.17) is 0 Å². The lowest BCUT2D eigenvalue weighted by atomic mass is 10.3. The number of ether oxygens (including phenoxy) is 2. The highest BCUT2D eigenvalue weighted by molar-refractivity contribution is 5.87. The molecule has 94 valence electrons. The number of carbonyl (C=O) groups excluding carboxylic acids is 1. The van der Waals surface area contributed by atoms with Crippen LogP contribution in [0.2, 0.25) is 0 Å². The number of alkyl halides is 3. The van der Waals surface area contributed by atoms with Gasteiger partial charge in [0, 0.05) is 6.07 Å². The van der Waals surface area contributed by atoms with E-state index in [0.717, 1.165) is 0 Å². The second-order valence-corrected chi connectivity index (χ2v) is 2.77. The molecule has 8 heteroatoms. The fourth-order valence-electron chi connectivity index (χ4n) is 0.959. The van der Waals surface area contributed by atoms with E-state index in [9.17, 15) is 22.4 Å². The van der Waals surface area contributed by atoms with Gasteiger partial charge in [-0.15, -0.1) is 13.2 Å². The maximum Gasteiger partial charge on any atom is 0.573 e. The summed E-state index contributed by atoms with van der Waals surface area (Å²) < 4.78 is 56.4. The van der Waals surface area contributed by atoms with E-state index in [2.05, 4.69) is 14.5 Å². The largest absolute Gasteiger partial charge is 0.573 e. The number of aromatic nitrogens is 1. The number of pyridine rings is 1. The number of carbonyl (C=O) groups is 1. The fourth-order valence-corrected chi connectivity index (χ4v) is 0.959. The van der Waals surface area contributed by atoms with Crippen molar-refractivity contribution in [2.45, 2.75) is 13.3 Å². The topological polar surface area (TPSA) is 48.4 Å². The van der Waals surface area contributed by atoms with Gasteiger partial charge in [-0.3, -0.25) is 0 Å². The quantitative estimate of drug-likeness (QED) is 0.612. The SMILES string of the molecule is CCOC(=O)c1ncc(OC(F)(F)F)cc1F. The summed E-state index contributed by atoms with van der Waals surface area (Å²) in [6.45, 7) is 1.50. The van der Waals surface area contributed by atoms with Crippen LogP contribution in [0.4, 0.5) is 17.6 Å². The molecule has 0 aromatic carbocycles. The van der Waals surface area contributed by atoms with Crippen LogP contribution in [0, 0.1) is 5.82 Å². The Balaban J connectivity index is 2.90. The van der Waals surface area contributed by atoms with Crippen molar-refractivity contribution in [1.82, 2.24) is 4.98 Å². The molecular formula is C9H7F4NO3. The number of hydrogen-bond donors (Lipinski definition) is 0. The summed E-state index contributed by atoms with van der Waals surface area (Å²) in [6.07, 6.45) is -4.36. The minimum Gasteiger partial charge on any atom is -0.461 e. The molecule has 1 rings (SSSR count). The lowest BCUT2D eigenvalue weighted by Crippen LogP contribution is -2.18. The Bertz CT molecular complexity index is 419. The molecule has 0 bridgehead atoms. The van der Waals surface area contributed by atoms with E-state index in [1.807, 2.05) is 0 Å². The zero-order valence-electron chi connectivity index (χ0n) is 8.55. The number of nitrogens with zero attached hydrogens (tertiary/aromatic N) is 1. The third kappa shape index (κ3) is 3.89. The highest BCUT2D eigenvalue weighted by atomic mass is 19.4. The van der Waals surface area contributed by atoms with Crippen LogP contribution >= 0.6 is 0 Å². The molecule has 0 aliphatic rings. The Morgan fingerprint density at radius 3 is 2.59 bits per heavy atom. The van der Waals surface area contributed by atoms with E-state index in [1.54, 1.807) is 0 Å². The Morgan fingerprint density at radius 2 is 2.12 bits per heavy atom. The first-order valence-corrected chi connectivity index (χ1v) is 4.42. The Kier molecular flexibility index (Phi) is 3.87. The predicted molar refractivity (Wildman–Crippen MR) is 46.8 cm³/mol. The van der Waals surface area contributed by atoms with Gasteiger partial charge < -0.3 is 9.47 Å². The average Bonchev–Trinajstić information content (AvgIpc) is 2.15. The van der Waals surface area contributed by atoms with Crippen molar-refractivity contribution in [2.75, 3.05) is 6.61 Å². The summed E-state index contributed by atoms with van der Waals surface area (Å²) in [5.41, 5.74) is -0.693. The van der Waals surface area contributed by atoms with Crippen LogP contribution in [0.1, 0.15) is 17.4 Å². The Morgan fingerprint density at radius 1 is 1.47 bits per heavy atom. The highest BCUT2D eigenvalue weighted by Gasteiger charge is 2.31. The molecule has 0 aliphatic carbocycles. The molecule has 0 fully saturated rings. The van der Waals surface area contributed by atoms with Crippen molar-refractivity contribution in [3.8, 4) is 5.75 Å². The van der Waals surface area contributed by atoms with Crippen LogP contribution in [0.25, 0.3) is 0 Å². The van der Waals surface area contributed by atoms with E-state index in [0.29, 0.717) is 12.3 Å². The summed E-state index contributed by atoms with van der Waals surface area (Å²) in [5.74, 6) is -3.14. The van der Waals surface area contributed by atoms with Crippen molar-refractivity contribution >= 4 is 5.97 Å². The van der Waals surface area contributed by atoms with Gasteiger partial charge in [-0.2, -0.15) is 0 Å². The molecule has 0 atom stereocenters. The third-order valence-electron chi connectivity index (χ3n) is 1.52. The van der Waals surface area contributed by atoms with Gasteiger partial charge in [-0.25, -0.2) is 14.2 Å². The number of esters is 1. The molecule has 1 heterocycles. The first kappa shape index (κ1) is 13.2. The molecule has 0 N–H and O–H groups in total. The minimum atomic E-state index is -4.94. The third-order valence-corrected chi connectivity index (χ3v) is 1.52. The van der Waals surface area contributed by atoms with Gasteiger partial charge >= 0.3 is 12.3 Å². The Labute approximate surface area is 93.2 Å². The smallest absolute Gasteiger partial charge is 0.461 e. The van der Waals surface area contributed by atoms with Gasteiger partial charge in [0.1, 0.15) is 0 Å². The predicted octanol–water partition coefficient (Wildman–Crippen LogP) is 2.30. The fraction of sp³-hybridized carbons (Fsp3) is 0.333. The number of hydrogen-bond acceptors (Lipinski definition) is 4. The summed E-state index contributed by atoms with van der Waals surface area (Å²) in [5, 5.41) is 0. The monoisotopic (exact) mass is 253 g/mol. The molecule has 17 heavy (non-hydrogen) atoms. The van der Waals surface area contributed by atoms with Gasteiger partial charge in [0.05, 0.1) is 12.8 Å². The Hall–Kier alpha value is -1.86. The van der Waals surface area contributed by atoms with Crippen molar-refractivity contribution in [1.29, 1.82) is 0 Å². The normalized spacial score (nSPS) is 11.1. The van der Waals surface area contributed by atoms with Crippen molar-refractivity contribution in [3.05, 3.63) is 23.8 Å². The van der Waals surface area contributed by atoms with Crippen molar-refractivity contribution in [2.24, 2.45) is 0 Å². The van der Waals surface area contributed by atoms with E-state index in [1.165, 1.54) is 6.92 Å². The lowest BCUT2D eigenvalue weighted by Gasteiger charge is -2.09. The molecule has 4 nitrogen and oxygen atoms in total. The minimum absolute atomic E-state index is 0.000750. The van der Waals surface area contributed by atoms with Crippen LogP contribution in [0.15, 0.2) is 12.3 Å². The molecule has 0 radical (unpaired) electrons. The van der Waals surface area contributed by atoms with Crippen LogP contribution in [-0.2, 0) is 4.74 Å². The second-order valence-electron chi connectivity index (χ2n) is 2.77. The number of rotatable bonds is 3. The van der Waals surface area contributed by atoms with Crippen LogP contribution < -0.4 is 4.74 Å². The van der Waals surface area contributed by atoms with Crippen LogP contribution in [0.3, 0.4) is 0 Å². The van der Waals surface area contributed by atoms with Crippen molar-refractivity contribution < 1.29 is 31.8 Å². The average molecular weight is 253 g/mol. The van der Waals surface area contributed by atoms with Gasteiger partial charge in [-0.1, -0.05) is 0 Å². The van der Waals surface area contributed by atoms with Gasteiger partial charge in [0.25, 0.3) is 0 Å². The summed E-state index contributed by atoms with van der Waals surface area (Å²) in [4.78, 5) is 14.3. The first-order chi connectivity index (χ1) is 7.83. The van der Waals surface area contributed by atoms with Gasteiger partial charge in [-0.05, 0) is 6.92 Å². The molecule has 0 aliphatic heterocycles. The maximum absolute atomic E-state index is 13.2. The lowest BCUT2D eigenvalue weighted by molar-refractivity contribution is -0.274. The molecule has 0 amide bonds. The zero-order chi connectivity index (χ0) is 13.1. The zero-order valence-corrected chi connectivity index (χ0v) is 8.55. The number of halogens is 4. The molecule has 0 saturated carbocycles. The van der Waals surface area contributed by atoms with Gasteiger partial charge in [0.2, 0.25) is 0 Å². The van der Waals surface area contributed by atoms with Crippen LogP contribution in [0.5, 0.6) is 5.75 Å². The van der Waals surface area contributed by atoms with Crippen LogP contribution in [-0.4, -0.2) is 23.9 Å². The molecular weight excluding hydrogens is 246 g/mol. The summed E-state index contributed by atoms with van der Waals surface area (Å²) in [7, 11) is 0. The van der Waals surface area contributed by atoms with Crippen molar-refractivity contribution in [3.63, 3.8) is 0 Å². The second kappa shape index (κ2) is 4.98. The molecule has 1 aromatic rings. The van der Waals surface area contributed by atoms with Gasteiger partial charge in [0.15, 0.2) is 17.3 Å². The molecule has 0 spiro atoms.